The third kappa shape index (κ3) is 2.67. The number of hydrogen-bond acceptors (Lipinski definition) is 5. The van der Waals surface area contributed by atoms with Gasteiger partial charge in [0.1, 0.15) is 0 Å². The zero-order valence-electron chi connectivity index (χ0n) is 3.96. The number of nitrogens with one attached hydrogen (secondary N) is 1. The first kappa shape index (κ1) is 7.54. The van der Waals surface area contributed by atoms with Gasteiger partial charge in [-0.05, 0) is 0 Å². The maximum Gasteiger partial charge on any atom is 0.258 e. The van der Waals surface area contributed by atoms with Crippen molar-refractivity contribution in [1.82, 2.24) is 5.43 Å². The lowest BCUT2D eigenvalue weighted by Crippen LogP contribution is -2.29. The molecular formula is C2H6N2O3S. The molecule has 6 heteroatoms. The van der Waals surface area contributed by atoms with Gasteiger partial charge < -0.3 is 0 Å². The number of rotatable bonds is 2. The van der Waals surface area contributed by atoms with E-state index in [1.165, 1.54) is 0 Å². The molecule has 0 aromatic carbocycles. The van der Waals surface area contributed by atoms with E-state index in [1.54, 1.807) is 0 Å². The number of carbonyl (C=O) groups excluding carboxylic acids is 1. The Kier molecular flexibility index (Phi) is 3.33. The Hall–Kier alpha value is -0.460. The predicted molar refractivity (Wildman–Crippen MR) is 27.5 cm³/mol. The molecule has 0 saturated carbocycles. The first-order chi connectivity index (χ1) is 3.68. The fraction of sp³-hybridized carbons (Fsp3) is 0.500. The Morgan fingerprint density at radius 3 is 2.25 bits per heavy atom. The van der Waals surface area contributed by atoms with Crippen LogP contribution in [0.5, 0.6) is 0 Å². The minimum Gasteiger partial charge on any atom is -0.280 e. The summed E-state index contributed by atoms with van der Waals surface area (Å²) >= 11 is 0. The second kappa shape index (κ2) is 3.53. The van der Waals surface area contributed by atoms with Crippen LogP contribution >= 0.6 is 0 Å². The maximum absolute atomic E-state index is 10.0. The van der Waals surface area contributed by atoms with E-state index in [0.29, 0.717) is 0 Å². The monoisotopic (exact) mass is 138 g/mol. The van der Waals surface area contributed by atoms with E-state index in [4.69, 9.17) is 0 Å². The van der Waals surface area contributed by atoms with E-state index in [9.17, 15) is 13.2 Å². The minimum atomic E-state index is -2.95. The van der Waals surface area contributed by atoms with E-state index < -0.39 is 15.8 Å². The fourth-order valence-corrected chi connectivity index (χ4v) is 0.372. The molecule has 0 unspecified atom stereocenters. The van der Waals surface area contributed by atoms with Gasteiger partial charge in [-0.3, -0.25) is 16.1 Å². The molecule has 0 aliphatic rings. The summed E-state index contributed by atoms with van der Waals surface area (Å²) in [5.74, 6) is 4.63. The van der Waals surface area contributed by atoms with Gasteiger partial charge in [0, 0.05) is 0 Å². The van der Waals surface area contributed by atoms with Crippen LogP contribution in [0.1, 0.15) is 0 Å². The van der Waals surface area contributed by atoms with Crippen molar-refractivity contribution in [2.24, 2.45) is 5.84 Å². The van der Waals surface area contributed by atoms with Crippen LogP contribution < -0.4 is 11.3 Å². The standard InChI is InChI=1S/C2H6N2O3S/c3-4-1-2(5)8(6)7/h4,8H,1,3H2. The molecule has 8 heavy (non-hydrogen) atoms. The van der Waals surface area contributed by atoms with Crippen LogP contribution in [0.3, 0.4) is 0 Å². The summed E-state index contributed by atoms with van der Waals surface area (Å²) in [4.78, 5) is 10.0. The zero-order chi connectivity index (χ0) is 6.57. The molecule has 5 nitrogen and oxygen atoms in total. The first-order valence-corrected chi connectivity index (χ1v) is 2.97. The highest BCUT2D eigenvalue weighted by Gasteiger charge is 1.98. The quantitative estimate of drug-likeness (QED) is 0.224. The zero-order valence-corrected chi connectivity index (χ0v) is 4.85. The number of hydrogen-bond donors (Lipinski definition) is 3. The third-order valence-corrected chi connectivity index (χ3v) is 1.02. The van der Waals surface area contributed by atoms with Crippen LogP contribution in [0, 0.1) is 0 Å². The van der Waals surface area contributed by atoms with Gasteiger partial charge in [0.2, 0.25) is 10.7 Å². The van der Waals surface area contributed by atoms with Gasteiger partial charge in [-0.1, -0.05) is 0 Å². The summed E-state index contributed by atoms with van der Waals surface area (Å²) < 4.78 is 19.4. The normalized spacial score (nSPS) is 9.75. The topological polar surface area (TPSA) is 89.3 Å². The first-order valence-electron chi connectivity index (χ1n) is 1.79. The molecule has 0 rings (SSSR count). The van der Waals surface area contributed by atoms with Crippen LogP contribution in [0.2, 0.25) is 0 Å². The Morgan fingerprint density at radius 1 is 1.62 bits per heavy atom. The molecule has 0 atom stereocenters. The highest BCUT2D eigenvalue weighted by atomic mass is 32.2. The molecular weight excluding hydrogens is 132 g/mol. The lowest BCUT2D eigenvalue weighted by molar-refractivity contribution is -0.110. The Balaban J connectivity index is 3.67. The van der Waals surface area contributed by atoms with Gasteiger partial charge in [0.25, 0.3) is 5.12 Å². The van der Waals surface area contributed by atoms with Crippen molar-refractivity contribution in [3.63, 3.8) is 0 Å². The molecule has 0 aromatic rings. The van der Waals surface area contributed by atoms with Crippen LogP contribution in [0.4, 0.5) is 0 Å². The van der Waals surface area contributed by atoms with Gasteiger partial charge >= 0.3 is 0 Å². The second-order valence-electron chi connectivity index (χ2n) is 1.03. The van der Waals surface area contributed by atoms with E-state index in [0.717, 1.165) is 0 Å². The molecule has 0 aromatic heterocycles. The van der Waals surface area contributed by atoms with Crippen LogP contribution in [0.25, 0.3) is 0 Å². The molecule has 0 bridgehead atoms. The van der Waals surface area contributed by atoms with E-state index in [2.05, 4.69) is 5.84 Å². The van der Waals surface area contributed by atoms with E-state index >= 15 is 0 Å². The van der Waals surface area contributed by atoms with Gasteiger partial charge in [-0.2, -0.15) is 0 Å². The van der Waals surface area contributed by atoms with Crippen molar-refractivity contribution >= 4 is 15.8 Å². The van der Waals surface area contributed by atoms with Crippen molar-refractivity contribution < 1.29 is 13.2 Å². The average Bonchev–Trinajstić information content (AvgIpc) is 1.67. The largest absolute Gasteiger partial charge is 0.280 e. The van der Waals surface area contributed by atoms with Crippen molar-refractivity contribution in [3.8, 4) is 0 Å². The van der Waals surface area contributed by atoms with E-state index in [-0.39, 0.29) is 6.54 Å². The summed E-state index contributed by atoms with van der Waals surface area (Å²) in [6, 6.07) is 0. The van der Waals surface area contributed by atoms with Gasteiger partial charge in [-0.25, -0.2) is 8.42 Å². The molecule has 3 N–H and O–H groups in total. The second-order valence-corrected chi connectivity index (χ2v) is 2.04. The molecule has 0 spiro atoms. The summed E-state index contributed by atoms with van der Waals surface area (Å²) in [6.07, 6.45) is 0. The van der Waals surface area contributed by atoms with Crippen molar-refractivity contribution in [1.29, 1.82) is 0 Å². The van der Waals surface area contributed by atoms with Gasteiger partial charge in [-0.15, -0.1) is 0 Å². The number of hydrazine groups is 1. The average molecular weight is 138 g/mol. The lowest BCUT2D eigenvalue weighted by Gasteiger charge is -1.85. The Bertz CT molecular complexity index is 143. The van der Waals surface area contributed by atoms with Gasteiger partial charge in [0.05, 0.1) is 6.54 Å². The fourth-order valence-electron chi connectivity index (χ4n) is 0.152. The third-order valence-electron chi connectivity index (χ3n) is 0.457. The number of thiol groups is 1. The SMILES string of the molecule is NNCC(=O)[SH](=O)=O. The summed E-state index contributed by atoms with van der Waals surface area (Å²) in [5.41, 5.74) is 1.92. The van der Waals surface area contributed by atoms with Crippen LogP contribution in [-0.2, 0) is 15.5 Å². The number of carbonyl (C=O) groups is 1. The minimum absolute atomic E-state index is 0.321. The summed E-state index contributed by atoms with van der Waals surface area (Å²) in [6.45, 7) is -0.321. The van der Waals surface area contributed by atoms with Crippen molar-refractivity contribution in [3.05, 3.63) is 0 Å². The molecule has 0 saturated heterocycles. The van der Waals surface area contributed by atoms with Crippen LogP contribution in [-0.4, -0.2) is 20.1 Å². The highest BCUT2D eigenvalue weighted by molar-refractivity contribution is 7.89. The Labute approximate surface area is 47.8 Å². The molecule has 0 amide bonds. The van der Waals surface area contributed by atoms with Crippen molar-refractivity contribution in [2.45, 2.75) is 0 Å². The molecule has 0 fully saturated rings. The molecule has 0 aliphatic heterocycles. The molecule has 0 heterocycles. The number of nitrogens with two attached hydrogens (primary N) is 1. The molecule has 0 aliphatic carbocycles. The summed E-state index contributed by atoms with van der Waals surface area (Å²) in [7, 11) is -2.95. The smallest absolute Gasteiger partial charge is 0.258 e. The van der Waals surface area contributed by atoms with E-state index in [1.807, 2.05) is 5.43 Å². The molecule has 48 valence electrons. The predicted octanol–water partition coefficient (Wildman–Crippen LogP) is -2.41. The van der Waals surface area contributed by atoms with Crippen LogP contribution in [0.15, 0.2) is 0 Å². The summed E-state index contributed by atoms with van der Waals surface area (Å²) in [5, 5.41) is -0.900. The maximum atomic E-state index is 10.0. The van der Waals surface area contributed by atoms with Crippen molar-refractivity contribution in [2.75, 3.05) is 6.54 Å². The Morgan fingerprint density at radius 2 is 2.12 bits per heavy atom. The molecule has 0 radical (unpaired) electrons. The lowest BCUT2D eigenvalue weighted by atomic mass is 10.8. The highest BCUT2D eigenvalue weighted by Crippen LogP contribution is 1.64. The van der Waals surface area contributed by atoms with Gasteiger partial charge in [0.15, 0.2) is 0 Å².